The Labute approximate surface area is 114 Å². The van der Waals surface area contributed by atoms with Crippen LogP contribution in [0.1, 0.15) is 32.3 Å². The van der Waals surface area contributed by atoms with E-state index in [1.54, 1.807) is 12.1 Å². The molecule has 1 aromatic carbocycles. The Morgan fingerprint density at radius 2 is 2.16 bits per heavy atom. The lowest BCUT2D eigenvalue weighted by Crippen LogP contribution is -2.33. The first-order valence-electron chi connectivity index (χ1n) is 6.65. The largest absolute Gasteiger partial charge is 0.492 e. The smallest absolute Gasteiger partial charge is 0.491 e. The molecule has 5 heteroatoms. The molecule has 4 nitrogen and oxygen atoms in total. The first kappa shape index (κ1) is 14.4. The molecule has 1 aliphatic heterocycles. The fraction of sp³-hybridized carbons (Fsp3) is 0.571. The molecule has 2 N–H and O–H groups in total. The minimum absolute atomic E-state index is 0.0694. The van der Waals surface area contributed by atoms with Gasteiger partial charge in [-0.2, -0.15) is 0 Å². The second kappa shape index (κ2) is 5.53. The van der Waals surface area contributed by atoms with Gasteiger partial charge in [-0.15, -0.1) is 0 Å². The summed E-state index contributed by atoms with van der Waals surface area (Å²) in [6, 6.07) is 5.38. The quantitative estimate of drug-likeness (QED) is 0.797. The van der Waals surface area contributed by atoms with Crippen LogP contribution in [0.4, 0.5) is 0 Å². The standard InChI is InChI=1S/C14H21BO4/c1-10-4-5-13(12(8-10)15(16)17)18-9-11-6-7-14(2,3)19-11/h4-5,8,11,16-17H,6-7,9H2,1-3H3. The summed E-state index contributed by atoms with van der Waals surface area (Å²) in [5, 5.41) is 18.7. The highest BCUT2D eigenvalue weighted by molar-refractivity contribution is 6.59. The van der Waals surface area contributed by atoms with E-state index in [1.165, 1.54) is 0 Å². The zero-order valence-electron chi connectivity index (χ0n) is 11.7. The topological polar surface area (TPSA) is 58.9 Å². The van der Waals surface area contributed by atoms with E-state index in [2.05, 4.69) is 13.8 Å². The van der Waals surface area contributed by atoms with Crippen molar-refractivity contribution in [2.75, 3.05) is 6.61 Å². The van der Waals surface area contributed by atoms with Crippen LogP contribution >= 0.6 is 0 Å². The normalized spacial score (nSPS) is 21.4. The maximum absolute atomic E-state index is 9.35. The minimum atomic E-state index is -1.52. The highest BCUT2D eigenvalue weighted by atomic mass is 16.6. The van der Waals surface area contributed by atoms with Crippen molar-refractivity contribution in [1.29, 1.82) is 0 Å². The summed E-state index contributed by atoms with van der Waals surface area (Å²) in [4.78, 5) is 0. The highest BCUT2D eigenvalue weighted by Gasteiger charge is 2.32. The third-order valence-corrected chi connectivity index (χ3v) is 3.42. The lowest BCUT2D eigenvalue weighted by molar-refractivity contribution is -0.0325. The average Bonchev–Trinajstić information content (AvgIpc) is 2.67. The molecule has 1 aliphatic rings. The van der Waals surface area contributed by atoms with E-state index in [1.807, 2.05) is 13.0 Å². The van der Waals surface area contributed by atoms with Crippen LogP contribution in [0.2, 0.25) is 0 Å². The van der Waals surface area contributed by atoms with Crippen LogP contribution in [0.25, 0.3) is 0 Å². The summed E-state index contributed by atoms with van der Waals surface area (Å²) < 4.78 is 11.5. The number of benzene rings is 1. The Bertz CT molecular complexity index is 445. The van der Waals surface area contributed by atoms with Crippen LogP contribution in [0, 0.1) is 6.92 Å². The Morgan fingerprint density at radius 3 is 2.74 bits per heavy atom. The monoisotopic (exact) mass is 264 g/mol. The molecular formula is C14H21BO4. The first-order valence-corrected chi connectivity index (χ1v) is 6.65. The van der Waals surface area contributed by atoms with Crippen LogP contribution in [-0.4, -0.2) is 35.5 Å². The summed E-state index contributed by atoms with van der Waals surface area (Å²) >= 11 is 0. The van der Waals surface area contributed by atoms with Crippen molar-refractivity contribution in [2.24, 2.45) is 0 Å². The summed E-state index contributed by atoms with van der Waals surface area (Å²) in [6.45, 7) is 6.48. The van der Waals surface area contributed by atoms with Crippen molar-refractivity contribution >= 4 is 12.6 Å². The van der Waals surface area contributed by atoms with Crippen LogP contribution in [0.15, 0.2) is 18.2 Å². The maximum Gasteiger partial charge on any atom is 0.492 e. The number of rotatable bonds is 4. The van der Waals surface area contributed by atoms with Gasteiger partial charge in [-0.05, 0) is 39.7 Å². The molecule has 19 heavy (non-hydrogen) atoms. The summed E-state index contributed by atoms with van der Waals surface area (Å²) in [6.07, 6.45) is 2.06. The predicted molar refractivity (Wildman–Crippen MR) is 74.7 cm³/mol. The van der Waals surface area contributed by atoms with Crippen LogP contribution in [0.3, 0.4) is 0 Å². The lowest BCUT2D eigenvalue weighted by atomic mass is 9.79. The van der Waals surface area contributed by atoms with Gasteiger partial charge in [-0.25, -0.2) is 0 Å². The summed E-state index contributed by atoms with van der Waals surface area (Å²) in [5.41, 5.74) is 1.28. The second-order valence-corrected chi connectivity index (χ2v) is 5.76. The molecule has 0 amide bonds. The van der Waals surface area contributed by atoms with E-state index >= 15 is 0 Å². The molecule has 0 bridgehead atoms. The average molecular weight is 264 g/mol. The molecular weight excluding hydrogens is 243 g/mol. The molecule has 1 aromatic rings. The van der Waals surface area contributed by atoms with Crippen LogP contribution in [0.5, 0.6) is 5.75 Å². The van der Waals surface area contributed by atoms with Crippen LogP contribution in [-0.2, 0) is 4.74 Å². The van der Waals surface area contributed by atoms with Gasteiger partial charge in [-0.1, -0.05) is 17.7 Å². The van der Waals surface area contributed by atoms with Gasteiger partial charge in [0.2, 0.25) is 0 Å². The zero-order valence-corrected chi connectivity index (χ0v) is 11.7. The summed E-state index contributed by atoms with van der Waals surface area (Å²) in [7, 11) is -1.52. The van der Waals surface area contributed by atoms with Crippen molar-refractivity contribution in [3.05, 3.63) is 23.8 Å². The number of hydrogen-bond donors (Lipinski definition) is 2. The molecule has 0 aliphatic carbocycles. The third kappa shape index (κ3) is 3.72. The highest BCUT2D eigenvalue weighted by Crippen LogP contribution is 2.29. The predicted octanol–water partition coefficient (Wildman–Crippen LogP) is 1.01. The van der Waals surface area contributed by atoms with Gasteiger partial charge in [0.05, 0.1) is 11.7 Å². The van der Waals surface area contributed by atoms with Crippen molar-refractivity contribution in [3.63, 3.8) is 0 Å². The SMILES string of the molecule is Cc1ccc(OCC2CCC(C)(C)O2)c(B(O)O)c1. The lowest BCUT2D eigenvalue weighted by Gasteiger charge is -2.20. The van der Waals surface area contributed by atoms with E-state index in [-0.39, 0.29) is 11.7 Å². The van der Waals surface area contributed by atoms with Crippen molar-refractivity contribution in [2.45, 2.75) is 45.3 Å². The molecule has 0 spiro atoms. The minimum Gasteiger partial charge on any atom is -0.491 e. The Morgan fingerprint density at radius 1 is 1.42 bits per heavy atom. The van der Waals surface area contributed by atoms with Gasteiger partial charge < -0.3 is 19.5 Å². The Kier molecular flexibility index (Phi) is 4.18. The van der Waals surface area contributed by atoms with Crippen molar-refractivity contribution in [3.8, 4) is 5.75 Å². The zero-order chi connectivity index (χ0) is 14.0. The van der Waals surface area contributed by atoms with E-state index in [0.29, 0.717) is 17.8 Å². The third-order valence-electron chi connectivity index (χ3n) is 3.42. The summed E-state index contributed by atoms with van der Waals surface area (Å²) in [5.74, 6) is 0.508. The van der Waals surface area contributed by atoms with E-state index in [0.717, 1.165) is 18.4 Å². The molecule has 1 atom stereocenters. The molecule has 1 heterocycles. The Balaban J connectivity index is 2.00. The van der Waals surface area contributed by atoms with Crippen molar-refractivity contribution in [1.82, 2.24) is 0 Å². The fourth-order valence-electron chi connectivity index (χ4n) is 2.38. The van der Waals surface area contributed by atoms with E-state index in [9.17, 15) is 10.0 Å². The van der Waals surface area contributed by atoms with Gasteiger partial charge in [0.15, 0.2) is 0 Å². The molecule has 0 aromatic heterocycles. The molecule has 0 saturated carbocycles. The molecule has 104 valence electrons. The van der Waals surface area contributed by atoms with Gasteiger partial charge in [0.1, 0.15) is 12.4 Å². The molecule has 1 unspecified atom stereocenters. The van der Waals surface area contributed by atoms with Gasteiger partial charge in [0.25, 0.3) is 0 Å². The number of ether oxygens (including phenoxy) is 2. The second-order valence-electron chi connectivity index (χ2n) is 5.76. The van der Waals surface area contributed by atoms with Gasteiger partial charge in [-0.3, -0.25) is 0 Å². The Hall–Kier alpha value is -1.04. The number of aryl methyl sites for hydroxylation is 1. The molecule has 2 rings (SSSR count). The molecule has 0 radical (unpaired) electrons. The number of hydrogen-bond acceptors (Lipinski definition) is 4. The fourth-order valence-corrected chi connectivity index (χ4v) is 2.38. The van der Waals surface area contributed by atoms with E-state index in [4.69, 9.17) is 9.47 Å². The van der Waals surface area contributed by atoms with Gasteiger partial charge in [0, 0.05) is 5.46 Å². The molecule has 1 fully saturated rings. The van der Waals surface area contributed by atoms with Crippen molar-refractivity contribution < 1.29 is 19.5 Å². The van der Waals surface area contributed by atoms with Gasteiger partial charge >= 0.3 is 7.12 Å². The first-order chi connectivity index (χ1) is 8.87. The van der Waals surface area contributed by atoms with Crippen LogP contribution < -0.4 is 10.2 Å². The van der Waals surface area contributed by atoms with E-state index < -0.39 is 7.12 Å². The maximum atomic E-state index is 9.35. The molecule has 1 saturated heterocycles.